The highest BCUT2D eigenvalue weighted by Crippen LogP contribution is 2.34. The quantitative estimate of drug-likeness (QED) is 0.739. The van der Waals surface area contributed by atoms with Gasteiger partial charge >= 0.3 is 0 Å². The summed E-state index contributed by atoms with van der Waals surface area (Å²) in [6.07, 6.45) is 4.13. The van der Waals surface area contributed by atoms with Crippen molar-refractivity contribution in [3.63, 3.8) is 0 Å². The molecule has 2 aromatic rings. The molecule has 0 radical (unpaired) electrons. The first-order valence-electron chi connectivity index (χ1n) is 7.95. The number of nitrogens with zero attached hydrogens (tertiary/aromatic N) is 1. The number of halogens is 3. The molecule has 0 aromatic heterocycles. The first kappa shape index (κ1) is 16.3. The average Bonchev–Trinajstić information content (AvgIpc) is 2.55. The van der Waals surface area contributed by atoms with Crippen molar-refractivity contribution in [1.29, 1.82) is 5.26 Å². The minimum Gasteiger partial charge on any atom is -0.206 e. The minimum atomic E-state index is -0.884. The molecule has 0 saturated heterocycles. The molecular weight excluding hydrogens is 311 g/mol. The number of allylic oxidation sites excluding steroid dienone is 1. The van der Waals surface area contributed by atoms with Crippen molar-refractivity contribution < 1.29 is 13.2 Å². The van der Waals surface area contributed by atoms with Crippen LogP contribution >= 0.6 is 0 Å². The molecule has 3 rings (SSSR count). The van der Waals surface area contributed by atoms with Crippen molar-refractivity contribution in [2.75, 3.05) is 0 Å². The summed E-state index contributed by atoms with van der Waals surface area (Å²) in [7, 11) is 0. The Balaban J connectivity index is 2.04. The van der Waals surface area contributed by atoms with E-state index in [2.05, 4.69) is 0 Å². The van der Waals surface area contributed by atoms with Crippen LogP contribution in [0.15, 0.2) is 24.3 Å². The Hall–Kier alpha value is -2.54. The molecule has 0 atom stereocenters. The summed E-state index contributed by atoms with van der Waals surface area (Å²) in [6, 6.07) is 7.85. The monoisotopic (exact) mass is 327 g/mol. The fourth-order valence-electron chi connectivity index (χ4n) is 3.16. The third-order valence-corrected chi connectivity index (χ3v) is 4.36. The van der Waals surface area contributed by atoms with E-state index in [9.17, 15) is 13.2 Å². The van der Waals surface area contributed by atoms with Gasteiger partial charge < -0.3 is 0 Å². The van der Waals surface area contributed by atoms with Gasteiger partial charge in [-0.15, -0.1) is 0 Å². The molecule has 0 saturated carbocycles. The largest absolute Gasteiger partial charge is 0.206 e. The molecule has 1 nitrogen and oxygen atoms in total. The molecule has 0 heterocycles. The summed E-state index contributed by atoms with van der Waals surface area (Å²) in [6.45, 7) is 2.03. The van der Waals surface area contributed by atoms with Crippen molar-refractivity contribution in [1.82, 2.24) is 0 Å². The first-order chi connectivity index (χ1) is 11.5. The molecule has 0 fully saturated rings. The normalized spacial score (nSPS) is 13.2. The maximum atomic E-state index is 14.4. The highest BCUT2D eigenvalue weighted by Gasteiger charge is 2.22. The minimum absolute atomic E-state index is 0.315. The third-order valence-electron chi connectivity index (χ3n) is 4.36. The number of rotatable bonds is 3. The molecule has 0 bridgehead atoms. The van der Waals surface area contributed by atoms with Crippen LogP contribution in [0.5, 0.6) is 0 Å². The zero-order valence-electron chi connectivity index (χ0n) is 13.3. The van der Waals surface area contributed by atoms with E-state index in [1.807, 2.05) is 13.0 Å². The van der Waals surface area contributed by atoms with Gasteiger partial charge in [0.15, 0.2) is 0 Å². The molecule has 2 aromatic carbocycles. The summed E-state index contributed by atoms with van der Waals surface area (Å²) in [5, 5.41) is 8.84. The van der Waals surface area contributed by atoms with E-state index in [0.717, 1.165) is 24.5 Å². The summed E-state index contributed by atoms with van der Waals surface area (Å²) in [5.41, 5.74) is 2.26. The van der Waals surface area contributed by atoms with Crippen molar-refractivity contribution in [2.45, 2.75) is 32.6 Å². The smallest absolute Gasteiger partial charge is 0.147 e. The molecule has 0 spiro atoms. The first-order valence-corrected chi connectivity index (χ1v) is 7.95. The number of nitriles is 1. The van der Waals surface area contributed by atoms with Gasteiger partial charge in [0, 0.05) is 5.56 Å². The van der Waals surface area contributed by atoms with Crippen molar-refractivity contribution in [3.8, 4) is 6.07 Å². The lowest BCUT2D eigenvalue weighted by Gasteiger charge is -2.19. The second-order valence-corrected chi connectivity index (χ2v) is 5.96. The van der Waals surface area contributed by atoms with Gasteiger partial charge in [-0.1, -0.05) is 31.6 Å². The predicted molar refractivity (Wildman–Crippen MR) is 87.7 cm³/mol. The predicted octanol–water partition coefficient (Wildman–Crippen LogP) is 5.41. The number of aryl methyl sites for hydroxylation is 1. The van der Waals surface area contributed by atoms with Crippen LogP contribution in [-0.4, -0.2) is 0 Å². The van der Waals surface area contributed by atoms with E-state index in [-0.39, 0.29) is 5.82 Å². The van der Waals surface area contributed by atoms with Crippen LogP contribution in [0.25, 0.3) is 11.6 Å². The molecule has 122 valence electrons. The Morgan fingerprint density at radius 3 is 2.54 bits per heavy atom. The van der Waals surface area contributed by atoms with Crippen molar-refractivity contribution in [2.24, 2.45) is 0 Å². The standard InChI is InChI=1S/C20H16F3N/c1-2-3-12-4-6-15(18(21)8-12)13-5-7-16-14(9-13)10-19(22)17(11-24)20(16)23/h4,6,8-10H,2-3,5,7H2,1H3. The maximum Gasteiger partial charge on any atom is 0.147 e. The Kier molecular flexibility index (Phi) is 4.44. The zero-order chi connectivity index (χ0) is 17.3. The average molecular weight is 327 g/mol. The molecular formula is C20H16F3N. The van der Waals surface area contributed by atoms with Crippen molar-refractivity contribution >= 4 is 11.6 Å². The SMILES string of the molecule is CCCc1ccc(C2=Cc3cc(F)c(C#N)c(F)c3CC2)c(F)c1. The van der Waals surface area contributed by atoms with Crippen LogP contribution in [0.1, 0.15) is 47.6 Å². The summed E-state index contributed by atoms with van der Waals surface area (Å²) < 4.78 is 42.4. The lowest BCUT2D eigenvalue weighted by Crippen LogP contribution is -2.07. The molecule has 24 heavy (non-hydrogen) atoms. The van der Waals surface area contributed by atoms with E-state index in [1.165, 1.54) is 6.07 Å². The van der Waals surface area contributed by atoms with Crippen LogP contribution in [0.2, 0.25) is 0 Å². The van der Waals surface area contributed by atoms with Crippen LogP contribution < -0.4 is 0 Å². The Labute approximate surface area is 139 Å². The van der Waals surface area contributed by atoms with Gasteiger partial charge in [-0.2, -0.15) is 5.26 Å². The highest BCUT2D eigenvalue weighted by atomic mass is 19.1. The number of benzene rings is 2. The Morgan fingerprint density at radius 1 is 1.08 bits per heavy atom. The molecule has 4 heteroatoms. The molecule has 0 amide bonds. The van der Waals surface area contributed by atoms with Crippen LogP contribution in [0, 0.1) is 28.8 Å². The summed E-state index contributed by atoms with van der Waals surface area (Å²) in [5.74, 6) is -2.00. The Bertz CT molecular complexity index is 875. The fourth-order valence-corrected chi connectivity index (χ4v) is 3.16. The fraction of sp³-hybridized carbons (Fsp3) is 0.250. The van der Waals surface area contributed by atoms with Crippen molar-refractivity contribution in [3.05, 3.63) is 69.5 Å². The Morgan fingerprint density at radius 2 is 1.88 bits per heavy atom. The molecule has 0 unspecified atom stereocenters. The number of hydrogen-bond acceptors (Lipinski definition) is 1. The van der Waals surface area contributed by atoms with E-state index < -0.39 is 17.2 Å². The topological polar surface area (TPSA) is 23.8 Å². The molecule has 1 aliphatic carbocycles. The van der Waals surface area contributed by atoms with Gasteiger partial charge in [0.1, 0.15) is 29.1 Å². The van der Waals surface area contributed by atoms with E-state index in [1.54, 1.807) is 18.2 Å². The third kappa shape index (κ3) is 2.82. The van der Waals surface area contributed by atoms with Gasteiger partial charge in [0.25, 0.3) is 0 Å². The zero-order valence-corrected chi connectivity index (χ0v) is 13.3. The second-order valence-electron chi connectivity index (χ2n) is 5.96. The molecule has 0 aliphatic heterocycles. The molecule has 1 aliphatic rings. The van der Waals surface area contributed by atoms with E-state index >= 15 is 0 Å². The van der Waals surface area contributed by atoms with Gasteiger partial charge in [-0.05, 0) is 53.7 Å². The molecule has 0 N–H and O–H groups in total. The number of hydrogen-bond donors (Lipinski definition) is 0. The van der Waals surface area contributed by atoms with Gasteiger partial charge in [-0.25, -0.2) is 13.2 Å². The van der Waals surface area contributed by atoms with Crippen LogP contribution in [0.3, 0.4) is 0 Å². The second kappa shape index (κ2) is 6.52. The lowest BCUT2D eigenvalue weighted by molar-refractivity contribution is 0.564. The van der Waals surface area contributed by atoms with Crippen LogP contribution in [-0.2, 0) is 12.8 Å². The van der Waals surface area contributed by atoms with Gasteiger partial charge in [0.2, 0.25) is 0 Å². The summed E-state index contributed by atoms with van der Waals surface area (Å²) in [4.78, 5) is 0. The highest BCUT2D eigenvalue weighted by molar-refractivity contribution is 5.85. The van der Waals surface area contributed by atoms with E-state index in [4.69, 9.17) is 5.26 Å². The summed E-state index contributed by atoms with van der Waals surface area (Å²) >= 11 is 0. The van der Waals surface area contributed by atoms with Crippen LogP contribution in [0.4, 0.5) is 13.2 Å². The number of fused-ring (bicyclic) bond motifs is 1. The van der Waals surface area contributed by atoms with E-state index in [0.29, 0.717) is 35.1 Å². The van der Waals surface area contributed by atoms with Gasteiger partial charge in [0.05, 0.1) is 0 Å². The lowest BCUT2D eigenvalue weighted by atomic mass is 9.86. The maximum absolute atomic E-state index is 14.4. The van der Waals surface area contributed by atoms with Gasteiger partial charge in [-0.3, -0.25) is 0 Å².